The number of rotatable bonds is 6. The first kappa shape index (κ1) is 15.8. The summed E-state index contributed by atoms with van der Waals surface area (Å²) in [7, 11) is 2.96. The molecule has 1 rings (SSSR count). The number of ether oxygens (including phenoxy) is 2. The van der Waals surface area contributed by atoms with E-state index in [0.29, 0.717) is 16.3 Å². The minimum atomic E-state index is -1.13. The molecule has 0 bridgehead atoms. The molecule has 0 aromatic heterocycles. The molecular weight excluding hydrogens is 270 g/mol. The summed E-state index contributed by atoms with van der Waals surface area (Å²) in [6.07, 6.45) is 0. The highest BCUT2D eigenvalue weighted by molar-refractivity contribution is 6.31. The predicted octanol–water partition coefficient (Wildman–Crippen LogP) is 1.48. The first-order chi connectivity index (χ1) is 8.89. The maximum atomic E-state index is 12.0. The lowest BCUT2D eigenvalue weighted by Gasteiger charge is -2.22. The zero-order valence-corrected chi connectivity index (χ0v) is 12.0. The van der Waals surface area contributed by atoms with Crippen LogP contribution >= 0.6 is 11.6 Å². The lowest BCUT2D eigenvalue weighted by Crippen LogP contribution is -2.43. The lowest BCUT2D eigenvalue weighted by molar-refractivity contribution is -0.0147. The van der Waals surface area contributed by atoms with Crippen LogP contribution in [-0.4, -0.2) is 44.0 Å². The molecule has 19 heavy (non-hydrogen) atoms. The normalized spacial score (nSPS) is 13.7. The van der Waals surface area contributed by atoms with Crippen LogP contribution in [0, 0.1) is 0 Å². The standard InChI is InChI=1S/C13H18ClNO4/c1-13(17,8-18-2)7-15-12(16)10-6-9(14)4-5-11(10)19-3/h4-6,17H,7-8H2,1-3H3,(H,15,16). The smallest absolute Gasteiger partial charge is 0.255 e. The van der Waals surface area contributed by atoms with Crippen molar-refractivity contribution in [2.24, 2.45) is 0 Å². The van der Waals surface area contributed by atoms with Crippen molar-refractivity contribution in [1.29, 1.82) is 0 Å². The van der Waals surface area contributed by atoms with Crippen molar-refractivity contribution in [2.45, 2.75) is 12.5 Å². The highest BCUT2D eigenvalue weighted by Crippen LogP contribution is 2.22. The molecule has 1 aromatic rings. The van der Waals surface area contributed by atoms with Gasteiger partial charge in [-0.1, -0.05) is 11.6 Å². The molecule has 1 unspecified atom stereocenters. The number of nitrogens with one attached hydrogen (secondary N) is 1. The second-order valence-electron chi connectivity index (χ2n) is 4.46. The minimum absolute atomic E-state index is 0.0648. The third-order valence-electron chi connectivity index (χ3n) is 2.49. The number of hydrogen-bond donors (Lipinski definition) is 2. The van der Waals surface area contributed by atoms with Crippen molar-refractivity contribution in [3.05, 3.63) is 28.8 Å². The Morgan fingerprint density at radius 1 is 1.47 bits per heavy atom. The van der Waals surface area contributed by atoms with Crippen LogP contribution in [-0.2, 0) is 4.74 Å². The van der Waals surface area contributed by atoms with Gasteiger partial charge in [-0.05, 0) is 25.1 Å². The molecule has 0 aliphatic carbocycles. The van der Waals surface area contributed by atoms with E-state index in [4.69, 9.17) is 21.1 Å². The topological polar surface area (TPSA) is 67.8 Å². The highest BCUT2D eigenvalue weighted by atomic mass is 35.5. The maximum absolute atomic E-state index is 12.0. The fourth-order valence-electron chi connectivity index (χ4n) is 1.59. The number of amides is 1. The third kappa shape index (κ3) is 4.70. The highest BCUT2D eigenvalue weighted by Gasteiger charge is 2.22. The Labute approximate surface area is 117 Å². The first-order valence-electron chi connectivity index (χ1n) is 5.72. The van der Waals surface area contributed by atoms with Gasteiger partial charge in [0.05, 0.1) is 19.3 Å². The van der Waals surface area contributed by atoms with Crippen LogP contribution in [0.2, 0.25) is 5.02 Å². The number of aliphatic hydroxyl groups is 1. The fraction of sp³-hybridized carbons (Fsp3) is 0.462. The molecule has 0 aliphatic heterocycles. The van der Waals surface area contributed by atoms with Gasteiger partial charge in [-0.15, -0.1) is 0 Å². The van der Waals surface area contributed by atoms with Crippen LogP contribution in [0.15, 0.2) is 18.2 Å². The Morgan fingerprint density at radius 2 is 2.16 bits per heavy atom. The Bertz CT molecular complexity index is 448. The largest absolute Gasteiger partial charge is 0.496 e. The Kier molecular flexibility index (Phi) is 5.60. The molecule has 2 N–H and O–H groups in total. The van der Waals surface area contributed by atoms with E-state index in [9.17, 15) is 9.90 Å². The minimum Gasteiger partial charge on any atom is -0.496 e. The molecule has 1 aromatic carbocycles. The molecule has 0 saturated carbocycles. The van der Waals surface area contributed by atoms with Gasteiger partial charge in [-0.3, -0.25) is 4.79 Å². The number of hydrogen-bond acceptors (Lipinski definition) is 4. The van der Waals surface area contributed by atoms with Gasteiger partial charge >= 0.3 is 0 Å². The summed E-state index contributed by atoms with van der Waals surface area (Å²) in [6, 6.07) is 4.77. The van der Waals surface area contributed by atoms with Crippen molar-refractivity contribution >= 4 is 17.5 Å². The second-order valence-corrected chi connectivity index (χ2v) is 4.89. The Hall–Kier alpha value is -1.30. The molecule has 106 valence electrons. The van der Waals surface area contributed by atoms with Crippen molar-refractivity contribution in [3.8, 4) is 5.75 Å². The molecule has 0 aliphatic rings. The summed E-state index contributed by atoms with van der Waals surface area (Å²) in [4.78, 5) is 12.0. The number of methoxy groups -OCH3 is 2. The number of carbonyl (C=O) groups excluding carboxylic acids is 1. The summed E-state index contributed by atoms with van der Waals surface area (Å²) in [5.41, 5.74) is -0.806. The third-order valence-corrected chi connectivity index (χ3v) is 2.73. The van der Waals surface area contributed by atoms with Gasteiger partial charge < -0.3 is 19.9 Å². The molecule has 0 radical (unpaired) electrons. The second kappa shape index (κ2) is 6.75. The summed E-state index contributed by atoms with van der Waals surface area (Å²) in [5, 5.41) is 13.0. The maximum Gasteiger partial charge on any atom is 0.255 e. The quantitative estimate of drug-likeness (QED) is 0.831. The van der Waals surface area contributed by atoms with Crippen molar-refractivity contribution in [2.75, 3.05) is 27.4 Å². The van der Waals surface area contributed by atoms with Crippen molar-refractivity contribution in [1.82, 2.24) is 5.32 Å². The molecule has 0 spiro atoms. The zero-order valence-electron chi connectivity index (χ0n) is 11.2. The molecule has 6 heteroatoms. The number of halogens is 1. The summed E-state index contributed by atoms with van der Waals surface area (Å²) in [5.74, 6) is 0.0593. The van der Waals surface area contributed by atoms with Crippen LogP contribution in [0.3, 0.4) is 0 Å². The Balaban J connectivity index is 2.76. The predicted molar refractivity (Wildman–Crippen MR) is 72.8 cm³/mol. The molecule has 1 amide bonds. The van der Waals surface area contributed by atoms with Gasteiger partial charge in [0.2, 0.25) is 0 Å². The zero-order chi connectivity index (χ0) is 14.5. The summed E-state index contributed by atoms with van der Waals surface area (Å²) < 4.78 is 9.96. The van der Waals surface area contributed by atoms with Gasteiger partial charge in [-0.25, -0.2) is 0 Å². The Morgan fingerprint density at radius 3 is 2.74 bits per heavy atom. The van der Waals surface area contributed by atoms with E-state index >= 15 is 0 Å². The van der Waals surface area contributed by atoms with Crippen LogP contribution < -0.4 is 10.1 Å². The summed E-state index contributed by atoms with van der Waals surface area (Å²) in [6.45, 7) is 1.77. The van der Waals surface area contributed by atoms with E-state index in [2.05, 4.69) is 5.32 Å². The average Bonchev–Trinajstić information content (AvgIpc) is 2.36. The SMILES string of the molecule is COCC(C)(O)CNC(=O)c1cc(Cl)ccc1OC. The lowest BCUT2D eigenvalue weighted by atomic mass is 10.1. The van der Waals surface area contributed by atoms with Crippen LogP contribution in [0.1, 0.15) is 17.3 Å². The van der Waals surface area contributed by atoms with Gasteiger partial charge in [0.15, 0.2) is 0 Å². The monoisotopic (exact) mass is 287 g/mol. The van der Waals surface area contributed by atoms with Gasteiger partial charge in [0, 0.05) is 18.7 Å². The molecular formula is C13H18ClNO4. The first-order valence-corrected chi connectivity index (χ1v) is 6.10. The number of benzene rings is 1. The van der Waals surface area contributed by atoms with E-state index in [1.165, 1.54) is 20.3 Å². The van der Waals surface area contributed by atoms with E-state index in [1.807, 2.05) is 0 Å². The van der Waals surface area contributed by atoms with E-state index in [-0.39, 0.29) is 19.1 Å². The summed E-state index contributed by atoms with van der Waals surface area (Å²) >= 11 is 5.85. The molecule has 5 nitrogen and oxygen atoms in total. The van der Waals surface area contributed by atoms with Crippen LogP contribution in [0.4, 0.5) is 0 Å². The van der Waals surface area contributed by atoms with E-state index in [0.717, 1.165) is 0 Å². The van der Waals surface area contributed by atoms with E-state index < -0.39 is 5.60 Å². The average molecular weight is 288 g/mol. The molecule has 0 saturated heterocycles. The van der Waals surface area contributed by atoms with Crippen molar-refractivity contribution < 1.29 is 19.4 Å². The molecule has 1 atom stereocenters. The fourth-order valence-corrected chi connectivity index (χ4v) is 1.76. The van der Waals surface area contributed by atoms with Crippen molar-refractivity contribution in [3.63, 3.8) is 0 Å². The van der Waals surface area contributed by atoms with Gasteiger partial charge in [0.25, 0.3) is 5.91 Å². The van der Waals surface area contributed by atoms with E-state index in [1.54, 1.807) is 19.1 Å². The van der Waals surface area contributed by atoms with Gasteiger partial charge in [-0.2, -0.15) is 0 Å². The molecule has 0 fully saturated rings. The van der Waals surface area contributed by atoms with Gasteiger partial charge in [0.1, 0.15) is 11.4 Å². The van der Waals surface area contributed by atoms with Crippen LogP contribution in [0.5, 0.6) is 5.75 Å². The molecule has 0 heterocycles. The van der Waals surface area contributed by atoms with Crippen LogP contribution in [0.25, 0.3) is 0 Å². The number of carbonyl (C=O) groups is 1.